The molecule has 0 amide bonds. The largest absolute Gasteiger partial charge is 0.481 e. The Balaban J connectivity index is 1.36. The number of carbonyl (C=O) groups is 1. The van der Waals surface area contributed by atoms with E-state index in [0.717, 1.165) is 40.8 Å². The second kappa shape index (κ2) is 13.1. The number of para-hydroxylation sites is 2. The maximum absolute atomic E-state index is 12.8. The second-order valence-electron chi connectivity index (χ2n) is 9.54. The molecule has 1 heterocycles. The lowest BCUT2D eigenvalue weighted by Gasteiger charge is -2.08. The number of ether oxygens (including phenoxy) is 2. The van der Waals surface area contributed by atoms with E-state index in [-0.39, 0.29) is 12.5 Å². The molecule has 4 aromatic rings. The number of hydrogen-bond acceptors (Lipinski definition) is 3. The molecule has 3 aromatic carbocycles. The summed E-state index contributed by atoms with van der Waals surface area (Å²) in [6.45, 7) is 3.26. The summed E-state index contributed by atoms with van der Waals surface area (Å²) in [5.41, 5.74) is 2.06. The number of esters is 1. The van der Waals surface area contributed by atoms with Crippen LogP contribution in [0.4, 0.5) is 0 Å². The summed E-state index contributed by atoms with van der Waals surface area (Å²) in [6, 6.07) is 22.5. The molecule has 0 atom stereocenters. The molecule has 0 unspecified atom stereocenters. The van der Waals surface area contributed by atoms with E-state index in [9.17, 15) is 4.79 Å². The van der Waals surface area contributed by atoms with Crippen LogP contribution in [0.1, 0.15) is 64.1 Å². The van der Waals surface area contributed by atoms with Gasteiger partial charge >= 0.3 is 5.97 Å². The molecule has 0 saturated heterocycles. The third-order valence-corrected chi connectivity index (χ3v) is 6.87. The summed E-state index contributed by atoms with van der Waals surface area (Å²) in [5, 5.41) is 2.33. The predicted octanol–water partition coefficient (Wildman–Crippen LogP) is 6.88. The number of unbranched alkanes of at least 4 members (excludes halogenated alkanes) is 7. The number of imidazole rings is 1. The van der Waals surface area contributed by atoms with Crippen molar-refractivity contribution in [2.24, 2.45) is 7.05 Å². The van der Waals surface area contributed by atoms with Gasteiger partial charge in [0.05, 0.1) is 13.7 Å². The molecule has 0 bridgehead atoms. The van der Waals surface area contributed by atoms with Crippen molar-refractivity contribution in [1.82, 2.24) is 4.57 Å². The average Bonchev–Trinajstić information content (AvgIpc) is 3.17. The van der Waals surface area contributed by atoms with Gasteiger partial charge in [0.15, 0.2) is 24.2 Å². The Kier molecular flexibility index (Phi) is 9.37. The van der Waals surface area contributed by atoms with E-state index in [1.807, 2.05) is 48.0 Å². The molecule has 0 aliphatic rings. The smallest absolute Gasteiger partial charge is 0.348 e. The highest BCUT2D eigenvalue weighted by molar-refractivity contribution is 5.83. The molecule has 0 saturated carbocycles. The van der Waals surface area contributed by atoms with Crippen molar-refractivity contribution in [1.29, 1.82) is 0 Å². The van der Waals surface area contributed by atoms with Crippen molar-refractivity contribution in [3.63, 3.8) is 0 Å². The predicted molar refractivity (Wildman–Crippen MR) is 145 cm³/mol. The standard InChI is InChI=1S/C31H39N2O3/c1-3-4-5-6-7-8-9-14-21-35-31(34)23-33-29-18-13-12-17-28(29)32(2)30(33)24-36-27-20-19-25-15-10-11-16-26(25)22-27/h10-13,15-20,22H,3-9,14,21,23-24H2,1-2H3/q+1. The lowest BCUT2D eigenvalue weighted by atomic mass is 10.1. The van der Waals surface area contributed by atoms with Gasteiger partial charge in [-0.05, 0) is 41.5 Å². The van der Waals surface area contributed by atoms with Crippen LogP contribution < -0.4 is 9.30 Å². The first-order valence-electron chi connectivity index (χ1n) is 13.4. The fraction of sp³-hybridized carbons (Fsp3) is 0.419. The summed E-state index contributed by atoms with van der Waals surface area (Å²) in [5.74, 6) is 1.53. The van der Waals surface area contributed by atoms with Crippen LogP contribution in [0, 0.1) is 0 Å². The molecule has 190 valence electrons. The molecule has 0 radical (unpaired) electrons. The van der Waals surface area contributed by atoms with Gasteiger partial charge < -0.3 is 9.47 Å². The number of rotatable bonds is 14. The Morgan fingerprint density at radius 3 is 2.33 bits per heavy atom. The van der Waals surface area contributed by atoms with Gasteiger partial charge in [0.2, 0.25) is 0 Å². The number of aromatic nitrogens is 2. The van der Waals surface area contributed by atoms with Gasteiger partial charge in [-0.1, -0.05) is 94.3 Å². The van der Waals surface area contributed by atoms with Crippen LogP contribution in [0.15, 0.2) is 66.7 Å². The molecule has 0 spiro atoms. The first kappa shape index (κ1) is 25.7. The molecule has 5 nitrogen and oxygen atoms in total. The maximum atomic E-state index is 12.8. The van der Waals surface area contributed by atoms with Crippen LogP contribution in [0.2, 0.25) is 0 Å². The Morgan fingerprint density at radius 2 is 1.53 bits per heavy atom. The summed E-state index contributed by atoms with van der Waals surface area (Å²) >= 11 is 0. The molecule has 4 rings (SSSR count). The number of nitrogens with zero attached hydrogens (tertiary/aromatic N) is 2. The van der Waals surface area contributed by atoms with E-state index >= 15 is 0 Å². The topological polar surface area (TPSA) is 44.3 Å². The van der Waals surface area contributed by atoms with Crippen molar-refractivity contribution in [2.75, 3.05) is 6.61 Å². The Hall–Kier alpha value is -3.34. The fourth-order valence-corrected chi connectivity index (χ4v) is 4.79. The monoisotopic (exact) mass is 487 g/mol. The summed E-state index contributed by atoms with van der Waals surface area (Å²) in [7, 11) is 2.02. The molecule has 0 fully saturated rings. The van der Waals surface area contributed by atoms with Crippen LogP contribution >= 0.6 is 0 Å². The number of carbonyl (C=O) groups excluding carboxylic acids is 1. The number of benzene rings is 3. The Labute approximate surface area is 214 Å². The van der Waals surface area contributed by atoms with Crippen LogP contribution in [0.5, 0.6) is 5.75 Å². The molecular weight excluding hydrogens is 448 g/mol. The van der Waals surface area contributed by atoms with E-state index in [1.54, 1.807) is 0 Å². The van der Waals surface area contributed by atoms with Gasteiger partial charge in [-0.25, -0.2) is 13.9 Å². The highest BCUT2D eigenvalue weighted by atomic mass is 16.5. The van der Waals surface area contributed by atoms with Crippen molar-refractivity contribution in [3.05, 3.63) is 72.6 Å². The van der Waals surface area contributed by atoms with Gasteiger partial charge in [-0.3, -0.25) is 0 Å². The third kappa shape index (κ3) is 6.66. The fourth-order valence-electron chi connectivity index (χ4n) is 4.79. The summed E-state index contributed by atoms with van der Waals surface area (Å²) < 4.78 is 15.9. The average molecular weight is 488 g/mol. The van der Waals surface area contributed by atoms with Crippen molar-refractivity contribution in [3.8, 4) is 5.75 Å². The van der Waals surface area contributed by atoms with E-state index in [0.29, 0.717) is 13.2 Å². The minimum Gasteiger partial charge on any atom is -0.481 e. The normalized spacial score (nSPS) is 11.3. The van der Waals surface area contributed by atoms with Gasteiger partial charge in [-0.15, -0.1) is 0 Å². The molecule has 0 aliphatic carbocycles. The van der Waals surface area contributed by atoms with Gasteiger partial charge in [0, 0.05) is 0 Å². The molecule has 0 N–H and O–H groups in total. The zero-order chi connectivity index (χ0) is 25.2. The first-order chi connectivity index (χ1) is 17.7. The van der Waals surface area contributed by atoms with Crippen molar-refractivity contribution in [2.45, 2.75) is 71.4 Å². The summed E-state index contributed by atoms with van der Waals surface area (Å²) in [4.78, 5) is 12.8. The maximum Gasteiger partial charge on any atom is 0.348 e. The molecular formula is C31H39N2O3+. The summed E-state index contributed by atoms with van der Waals surface area (Å²) in [6.07, 6.45) is 9.80. The van der Waals surface area contributed by atoms with Crippen molar-refractivity contribution >= 4 is 27.8 Å². The highest BCUT2D eigenvalue weighted by Gasteiger charge is 2.25. The SMILES string of the molecule is CCCCCCCCCCOC(=O)Cn1c(COc2ccc3ccccc3c2)[n+](C)c2ccccc21. The van der Waals surface area contributed by atoms with Crippen molar-refractivity contribution < 1.29 is 18.8 Å². The van der Waals surface area contributed by atoms with Gasteiger partial charge in [-0.2, -0.15) is 0 Å². The van der Waals surface area contributed by atoms with Crippen LogP contribution in [-0.4, -0.2) is 17.1 Å². The van der Waals surface area contributed by atoms with E-state index in [4.69, 9.17) is 9.47 Å². The van der Waals surface area contributed by atoms with Crippen LogP contribution in [0.3, 0.4) is 0 Å². The minimum absolute atomic E-state index is 0.175. The van der Waals surface area contributed by atoms with Gasteiger partial charge in [0.25, 0.3) is 5.82 Å². The molecule has 0 aliphatic heterocycles. The Bertz CT molecular complexity index is 1280. The zero-order valence-electron chi connectivity index (χ0n) is 21.7. The van der Waals surface area contributed by atoms with Gasteiger partial charge in [0.1, 0.15) is 5.75 Å². The first-order valence-corrected chi connectivity index (χ1v) is 13.4. The number of fused-ring (bicyclic) bond motifs is 2. The molecule has 5 heteroatoms. The lowest BCUT2D eigenvalue weighted by Crippen LogP contribution is -2.34. The number of aryl methyl sites for hydroxylation is 1. The van der Waals surface area contributed by atoms with E-state index in [1.165, 1.54) is 43.9 Å². The molecule has 36 heavy (non-hydrogen) atoms. The number of hydrogen-bond donors (Lipinski definition) is 0. The zero-order valence-corrected chi connectivity index (χ0v) is 21.7. The van der Waals surface area contributed by atoms with Crippen LogP contribution in [-0.2, 0) is 29.7 Å². The van der Waals surface area contributed by atoms with E-state index in [2.05, 4.69) is 41.8 Å². The Morgan fingerprint density at radius 1 is 0.833 bits per heavy atom. The van der Waals surface area contributed by atoms with E-state index < -0.39 is 0 Å². The third-order valence-electron chi connectivity index (χ3n) is 6.87. The quantitative estimate of drug-likeness (QED) is 0.111. The highest BCUT2D eigenvalue weighted by Crippen LogP contribution is 2.22. The minimum atomic E-state index is -0.203. The lowest BCUT2D eigenvalue weighted by molar-refractivity contribution is -0.655. The van der Waals surface area contributed by atoms with Crippen LogP contribution in [0.25, 0.3) is 21.8 Å². The molecule has 1 aromatic heterocycles. The second-order valence-corrected chi connectivity index (χ2v) is 9.54.